The molecule has 1 aliphatic heterocycles. The van der Waals surface area contributed by atoms with Crippen LogP contribution in [0.5, 0.6) is 0 Å². The average molecular weight is 372 g/mol. The van der Waals surface area contributed by atoms with Gasteiger partial charge in [-0.2, -0.15) is 9.57 Å². The van der Waals surface area contributed by atoms with E-state index in [9.17, 15) is 13.7 Å². The van der Waals surface area contributed by atoms with Crippen molar-refractivity contribution in [3.05, 3.63) is 28.8 Å². The Hall–Kier alpha value is -1.17. The molecule has 1 saturated heterocycles. The molecule has 0 unspecified atom stereocenters. The van der Waals surface area contributed by atoms with E-state index in [1.165, 1.54) is 22.5 Å². The van der Waals surface area contributed by atoms with Crippen LogP contribution in [0.1, 0.15) is 18.4 Å². The molecule has 1 aromatic carbocycles. The Labute approximate surface area is 148 Å². The fraction of sp³-hybridized carbons (Fsp3) is 0.562. The monoisotopic (exact) mass is 371 g/mol. The molecule has 8 heteroatoms. The second kappa shape index (κ2) is 8.79. The minimum atomic E-state index is -3.72. The minimum absolute atomic E-state index is 0.00895. The largest absolute Gasteiger partial charge is 0.385 e. The molecule has 0 radical (unpaired) electrons. The van der Waals surface area contributed by atoms with E-state index in [1.54, 1.807) is 7.11 Å². The number of rotatable bonds is 6. The van der Waals surface area contributed by atoms with E-state index < -0.39 is 10.0 Å². The molecule has 0 bridgehead atoms. The van der Waals surface area contributed by atoms with Crippen molar-refractivity contribution in [3.8, 4) is 6.07 Å². The fourth-order valence-electron chi connectivity index (χ4n) is 2.78. The SMILES string of the molecule is COCCCN1CCCN(S(=O)(=O)c2cc(Cl)ccc2C#N)CC1. The third-order valence-electron chi connectivity index (χ3n) is 4.05. The Bertz CT molecular complexity index is 703. The van der Waals surface area contributed by atoms with E-state index >= 15 is 0 Å². The van der Waals surface area contributed by atoms with Gasteiger partial charge in [-0.1, -0.05) is 11.6 Å². The number of nitrogens with zero attached hydrogens (tertiary/aromatic N) is 3. The van der Waals surface area contributed by atoms with Crippen LogP contribution in [0.4, 0.5) is 0 Å². The van der Waals surface area contributed by atoms with Crippen molar-refractivity contribution in [1.82, 2.24) is 9.21 Å². The van der Waals surface area contributed by atoms with Crippen LogP contribution in [0, 0.1) is 11.3 Å². The number of methoxy groups -OCH3 is 1. The highest BCUT2D eigenvalue weighted by Gasteiger charge is 2.29. The van der Waals surface area contributed by atoms with Gasteiger partial charge in [-0.05, 0) is 37.6 Å². The zero-order valence-electron chi connectivity index (χ0n) is 13.7. The topological polar surface area (TPSA) is 73.6 Å². The fourth-order valence-corrected chi connectivity index (χ4v) is 4.66. The van der Waals surface area contributed by atoms with Crippen LogP contribution in [0.15, 0.2) is 23.1 Å². The van der Waals surface area contributed by atoms with E-state index in [-0.39, 0.29) is 10.5 Å². The van der Waals surface area contributed by atoms with Gasteiger partial charge in [0.15, 0.2) is 0 Å². The maximum atomic E-state index is 12.9. The Balaban J connectivity index is 2.13. The van der Waals surface area contributed by atoms with Crippen LogP contribution in [0.2, 0.25) is 5.02 Å². The van der Waals surface area contributed by atoms with Gasteiger partial charge in [-0.15, -0.1) is 0 Å². The molecule has 1 aromatic rings. The zero-order valence-corrected chi connectivity index (χ0v) is 15.3. The first-order chi connectivity index (χ1) is 11.5. The highest BCUT2D eigenvalue weighted by molar-refractivity contribution is 7.89. The lowest BCUT2D eigenvalue weighted by atomic mass is 10.2. The quantitative estimate of drug-likeness (QED) is 0.714. The zero-order chi connectivity index (χ0) is 17.6. The maximum Gasteiger partial charge on any atom is 0.244 e. The third-order valence-corrected chi connectivity index (χ3v) is 6.23. The predicted molar refractivity (Wildman–Crippen MR) is 92.5 cm³/mol. The van der Waals surface area contributed by atoms with Crippen molar-refractivity contribution in [2.75, 3.05) is 46.4 Å². The first-order valence-electron chi connectivity index (χ1n) is 7.90. The summed E-state index contributed by atoms with van der Waals surface area (Å²) in [5.41, 5.74) is 0.126. The lowest BCUT2D eigenvalue weighted by Gasteiger charge is -2.22. The second-order valence-corrected chi connectivity index (χ2v) is 8.04. The lowest BCUT2D eigenvalue weighted by Crippen LogP contribution is -2.36. The molecule has 0 amide bonds. The molecule has 1 heterocycles. The number of hydrogen-bond donors (Lipinski definition) is 0. The lowest BCUT2D eigenvalue weighted by molar-refractivity contribution is 0.173. The van der Waals surface area contributed by atoms with Crippen LogP contribution in [-0.2, 0) is 14.8 Å². The molecular weight excluding hydrogens is 350 g/mol. The number of halogens is 1. The minimum Gasteiger partial charge on any atom is -0.385 e. The standard InChI is InChI=1S/C16H22ClN3O3S/c1-23-11-3-7-19-6-2-8-20(10-9-19)24(21,22)16-12-15(17)5-4-14(16)13-18/h4-5,12H,2-3,6-11H2,1H3. The van der Waals surface area contributed by atoms with Gasteiger partial charge in [0.1, 0.15) is 11.0 Å². The summed E-state index contributed by atoms with van der Waals surface area (Å²) in [5, 5.41) is 9.50. The molecular formula is C16H22ClN3O3S. The Morgan fingerprint density at radius 2 is 2.08 bits per heavy atom. The summed E-state index contributed by atoms with van der Waals surface area (Å²) >= 11 is 5.93. The molecule has 24 heavy (non-hydrogen) atoms. The van der Waals surface area contributed by atoms with Crippen molar-refractivity contribution in [2.24, 2.45) is 0 Å². The summed E-state index contributed by atoms with van der Waals surface area (Å²) < 4.78 is 32.3. The number of ether oxygens (including phenoxy) is 1. The average Bonchev–Trinajstić information content (AvgIpc) is 2.81. The number of hydrogen-bond acceptors (Lipinski definition) is 5. The molecule has 0 aromatic heterocycles. The van der Waals surface area contributed by atoms with Crippen LogP contribution >= 0.6 is 11.6 Å². The first-order valence-corrected chi connectivity index (χ1v) is 9.72. The van der Waals surface area contributed by atoms with Crippen molar-refractivity contribution in [1.29, 1.82) is 5.26 Å². The van der Waals surface area contributed by atoms with Crippen molar-refractivity contribution >= 4 is 21.6 Å². The number of nitriles is 1. The Kier molecular flexibility index (Phi) is 7.02. The van der Waals surface area contributed by atoms with Crippen molar-refractivity contribution < 1.29 is 13.2 Å². The van der Waals surface area contributed by atoms with Crippen molar-refractivity contribution in [3.63, 3.8) is 0 Å². The van der Waals surface area contributed by atoms with Crippen LogP contribution in [0.3, 0.4) is 0 Å². The smallest absolute Gasteiger partial charge is 0.244 e. The second-order valence-electron chi connectivity index (χ2n) is 5.70. The molecule has 0 aliphatic carbocycles. The predicted octanol–water partition coefficient (Wildman–Crippen LogP) is 1.94. The van der Waals surface area contributed by atoms with E-state index in [0.29, 0.717) is 31.3 Å². The summed E-state index contributed by atoms with van der Waals surface area (Å²) in [4.78, 5) is 2.24. The van der Waals surface area contributed by atoms with Gasteiger partial charge in [0.25, 0.3) is 0 Å². The van der Waals surface area contributed by atoms with Gasteiger partial charge in [0.2, 0.25) is 10.0 Å². The van der Waals surface area contributed by atoms with Gasteiger partial charge in [-0.25, -0.2) is 8.42 Å². The Morgan fingerprint density at radius 3 is 2.79 bits per heavy atom. The summed E-state index contributed by atoms with van der Waals surface area (Å²) in [6, 6.07) is 6.27. The highest BCUT2D eigenvalue weighted by Crippen LogP contribution is 2.24. The molecule has 0 atom stereocenters. The van der Waals surface area contributed by atoms with Crippen LogP contribution in [0.25, 0.3) is 0 Å². The molecule has 1 fully saturated rings. The summed E-state index contributed by atoms with van der Waals surface area (Å²) in [5.74, 6) is 0. The number of benzene rings is 1. The van der Waals surface area contributed by atoms with E-state index in [1.807, 2.05) is 6.07 Å². The molecule has 2 rings (SSSR count). The molecule has 6 nitrogen and oxygen atoms in total. The van der Waals surface area contributed by atoms with Gasteiger partial charge in [-0.3, -0.25) is 0 Å². The number of sulfonamides is 1. The van der Waals surface area contributed by atoms with Gasteiger partial charge in [0.05, 0.1) is 5.56 Å². The molecule has 0 saturated carbocycles. The normalized spacial score (nSPS) is 17.4. The molecule has 0 N–H and O–H groups in total. The highest BCUT2D eigenvalue weighted by atomic mass is 35.5. The summed E-state index contributed by atoms with van der Waals surface area (Å²) in [6.07, 6.45) is 1.69. The summed E-state index contributed by atoms with van der Waals surface area (Å²) in [7, 11) is -2.05. The maximum absolute atomic E-state index is 12.9. The third kappa shape index (κ3) is 4.68. The molecule has 132 valence electrons. The molecule has 1 aliphatic rings. The van der Waals surface area contributed by atoms with Gasteiger partial charge in [0, 0.05) is 44.9 Å². The van der Waals surface area contributed by atoms with Crippen LogP contribution < -0.4 is 0 Å². The van der Waals surface area contributed by atoms with Crippen LogP contribution in [-0.4, -0.2) is 64.1 Å². The van der Waals surface area contributed by atoms with Crippen molar-refractivity contribution in [2.45, 2.75) is 17.7 Å². The van der Waals surface area contributed by atoms with Gasteiger partial charge >= 0.3 is 0 Å². The van der Waals surface area contributed by atoms with E-state index in [2.05, 4.69) is 4.90 Å². The van der Waals surface area contributed by atoms with Gasteiger partial charge < -0.3 is 9.64 Å². The first kappa shape index (κ1) is 19.2. The van der Waals surface area contributed by atoms with E-state index in [4.69, 9.17) is 16.3 Å². The van der Waals surface area contributed by atoms with E-state index in [0.717, 1.165) is 25.9 Å². The Morgan fingerprint density at radius 1 is 1.29 bits per heavy atom. The summed E-state index contributed by atoms with van der Waals surface area (Å²) in [6.45, 7) is 3.98. The molecule has 0 spiro atoms.